The van der Waals surface area contributed by atoms with E-state index in [1.807, 2.05) is 0 Å². The molecule has 0 N–H and O–H groups in total. The first-order valence-corrected chi connectivity index (χ1v) is 18.9. The molecule has 4 atom stereocenters. The van der Waals surface area contributed by atoms with E-state index < -0.39 is 0 Å². The summed E-state index contributed by atoms with van der Waals surface area (Å²) in [6.45, 7) is 0. The van der Waals surface area contributed by atoms with Gasteiger partial charge in [0.2, 0.25) is 0 Å². The molecule has 3 heteroatoms. The van der Waals surface area contributed by atoms with Gasteiger partial charge in [-0.3, -0.25) is 0 Å². The third-order valence-electron chi connectivity index (χ3n) is 13.9. The molecule has 1 heterocycles. The minimum atomic E-state index is 0.346. The van der Waals surface area contributed by atoms with Crippen LogP contribution in [0.2, 0.25) is 0 Å². The summed E-state index contributed by atoms with van der Waals surface area (Å²) in [5, 5.41) is 0. The van der Waals surface area contributed by atoms with Crippen LogP contribution in [0.4, 0.5) is 0 Å². The zero-order chi connectivity index (χ0) is 32.8. The summed E-state index contributed by atoms with van der Waals surface area (Å²) in [6, 6.07) is 47.9. The smallest absolute Gasteiger partial charge is 0.164 e. The first-order valence-electron chi connectivity index (χ1n) is 18.9. The van der Waals surface area contributed by atoms with Gasteiger partial charge in [-0.05, 0) is 114 Å². The van der Waals surface area contributed by atoms with Gasteiger partial charge in [-0.15, -0.1) is 0 Å². The summed E-state index contributed by atoms with van der Waals surface area (Å²) < 4.78 is 0. The molecule has 4 unspecified atom stereocenters. The normalized spacial score (nSPS) is 29.8. The van der Waals surface area contributed by atoms with E-state index in [9.17, 15) is 0 Å². The number of hydrogen-bond acceptors (Lipinski definition) is 3. The van der Waals surface area contributed by atoms with Crippen LogP contribution in [0.25, 0.3) is 56.4 Å². The fourth-order valence-electron chi connectivity index (χ4n) is 12.1. The highest BCUT2D eigenvalue weighted by Crippen LogP contribution is 2.76. The van der Waals surface area contributed by atoms with Crippen LogP contribution < -0.4 is 0 Å². The average molecular weight is 648 g/mol. The molecule has 0 saturated heterocycles. The first-order chi connectivity index (χ1) is 24.7. The zero-order valence-electron chi connectivity index (χ0n) is 28.3. The SMILES string of the molecule is c1ccc(-c2ccc(-c3nc(-c4ccc(-c5ccccc5)cc4)nc(-c4cccc(C56CC7CC8C9CC(CC85)CC6C9C7)c4)n3)cc2)cc1. The van der Waals surface area contributed by atoms with Gasteiger partial charge in [-0.25, -0.2) is 15.0 Å². The molecule has 6 aromatic rings. The van der Waals surface area contributed by atoms with Crippen LogP contribution >= 0.6 is 0 Å². The highest BCUT2D eigenvalue weighted by Gasteiger charge is 2.70. The molecule has 244 valence electrons. The first kappa shape index (κ1) is 28.9. The Kier molecular flexibility index (Phi) is 6.39. The van der Waals surface area contributed by atoms with Gasteiger partial charge >= 0.3 is 0 Å². The molecule has 7 fully saturated rings. The molecule has 13 rings (SSSR count). The molecule has 0 spiro atoms. The van der Waals surface area contributed by atoms with Crippen LogP contribution in [-0.4, -0.2) is 15.0 Å². The summed E-state index contributed by atoms with van der Waals surface area (Å²) in [4.78, 5) is 15.6. The summed E-state index contributed by atoms with van der Waals surface area (Å²) in [5.41, 5.74) is 9.83. The van der Waals surface area contributed by atoms with Crippen molar-refractivity contribution in [3.05, 3.63) is 139 Å². The molecule has 0 aliphatic heterocycles. The van der Waals surface area contributed by atoms with Crippen LogP contribution in [0.1, 0.15) is 44.1 Å². The molecule has 1 aromatic heterocycles. The van der Waals surface area contributed by atoms with E-state index in [1.165, 1.54) is 60.8 Å². The lowest BCUT2D eigenvalue weighted by Crippen LogP contribution is -2.69. The van der Waals surface area contributed by atoms with E-state index in [4.69, 9.17) is 15.0 Å². The van der Waals surface area contributed by atoms with E-state index in [2.05, 4.69) is 133 Å². The summed E-state index contributed by atoms with van der Waals surface area (Å²) in [5.74, 6) is 8.75. The van der Waals surface area contributed by atoms with E-state index >= 15 is 0 Å². The number of benzene rings is 5. The number of rotatable bonds is 6. The maximum absolute atomic E-state index is 5.22. The topological polar surface area (TPSA) is 38.7 Å². The molecule has 0 amide bonds. The van der Waals surface area contributed by atoms with Crippen LogP contribution in [0, 0.1) is 41.4 Å². The fourth-order valence-corrected chi connectivity index (χ4v) is 12.1. The molecule has 7 saturated carbocycles. The highest BCUT2D eigenvalue weighted by atomic mass is 15.0. The van der Waals surface area contributed by atoms with Crippen molar-refractivity contribution in [3.8, 4) is 56.4 Å². The fraction of sp³-hybridized carbons (Fsp3) is 0.298. The van der Waals surface area contributed by atoms with Crippen LogP contribution in [-0.2, 0) is 5.41 Å². The zero-order valence-corrected chi connectivity index (χ0v) is 28.3. The van der Waals surface area contributed by atoms with Crippen molar-refractivity contribution < 1.29 is 0 Å². The molecule has 50 heavy (non-hydrogen) atoms. The molecule has 3 nitrogen and oxygen atoms in total. The lowest BCUT2D eigenvalue weighted by molar-refractivity contribution is -0.220. The maximum Gasteiger partial charge on any atom is 0.164 e. The summed E-state index contributed by atoms with van der Waals surface area (Å²) >= 11 is 0. The Morgan fingerprint density at radius 2 is 0.820 bits per heavy atom. The van der Waals surface area contributed by atoms with Gasteiger partial charge in [0, 0.05) is 22.1 Å². The number of hydrogen-bond donors (Lipinski definition) is 0. The standard InChI is InChI=1S/C47H41N3/c1-3-8-31(9-4-1)33-14-18-35(19-15-33)44-48-45(36-20-16-34(17-21-36)32-10-5-2-6-11-32)50-46(49-44)37-12-7-13-38(27-37)47-28-30-23-40-39-22-29(25-42(40)47)26-43(47)41(39)24-30/h1-21,27,29-30,39-43H,22-26,28H2. The minimum Gasteiger partial charge on any atom is -0.208 e. The van der Waals surface area contributed by atoms with Crippen LogP contribution in [0.15, 0.2) is 133 Å². The van der Waals surface area contributed by atoms with Gasteiger partial charge in [-0.1, -0.05) is 127 Å². The highest BCUT2D eigenvalue weighted by molar-refractivity contribution is 5.72. The molecular formula is C47H41N3. The summed E-state index contributed by atoms with van der Waals surface area (Å²) in [6.07, 6.45) is 8.84. The van der Waals surface area contributed by atoms with Crippen molar-refractivity contribution in [3.63, 3.8) is 0 Å². The maximum atomic E-state index is 5.22. The molecule has 8 bridgehead atoms. The van der Waals surface area contributed by atoms with Crippen molar-refractivity contribution in [1.29, 1.82) is 0 Å². The second-order valence-corrected chi connectivity index (χ2v) is 16.1. The lowest BCUT2D eigenvalue weighted by Gasteiger charge is -2.74. The van der Waals surface area contributed by atoms with Crippen molar-refractivity contribution in [2.24, 2.45) is 41.4 Å². The van der Waals surface area contributed by atoms with Crippen LogP contribution in [0.5, 0.6) is 0 Å². The van der Waals surface area contributed by atoms with Gasteiger partial charge in [0.15, 0.2) is 17.5 Å². The Labute approximate surface area is 294 Å². The van der Waals surface area contributed by atoms with E-state index in [-0.39, 0.29) is 0 Å². The summed E-state index contributed by atoms with van der Waals surface area (Å²) in [7, 11) is 0. The van der Waals surface area contributed by atoms with Gasteiger partial charge in [0.1, 0.15) is 0 Å². The Morgan fingerprint density at radius 1 is 0.380 bits per heavy atom. The van der Waals surface area contributed by atoms with Crippen molar-refractivity contribution in [1.82, 2.24) is 15.0 Å². The largest absolute Gasteiger partial charge is 0.208 e. The lowest BCUT2D eigenvalue weighted by atomic mass is 9.30. The third kappa shape index (κ3) is 4.38. The molecular weight excluding hydrogens is 607 g/mol. The Bertz CT molecular complexity index is 2080. The van der Waals surface area contributed by atoms with Gasteiger partial charge in [0.05, 0.1) is 0 Å². The quantitative estimate of drug-likeness (QED) is 0.181. The van der Waals surface area contributed by atoms with E-state index in [0.717, 1.165) is 63.9 Å². The minimum absolute atomic E-state index is 0.346. The monoisotopic (exact) mass is 647 g/mol. The average Bonchev–Trinajstić information content (AvgIpc) is 3.20. The molecule has 7 aliphatic rings. The van der Waals surface area contributed by atoms with Gasteiger partial charge in [0.25, 0.3) is 0 Å². The van der Waals surface area contributed by atoms with Crippen LogP contribution in [0.3, 0.4) is 0 Å². The Balaban J connectivity index is 1.01. The predicted octanol–water partition coefficient (Wildman–Crippen LogP) is 11.2. The van der Waals surface area contributed by atoms with Gasteiger partial charge in [-0.2, -0.15) is 0 Å². The van der Waals surface area contributed by atoms with E-state index in [0.29, 0.717) is 17.1 Å². The Hall–Kier alpha value is -4.89. The molecule has 0 radical (unpaired) electrons. The predicted molar refractivity (Wildman–Crippen MR) is 201 cm³/mol. The molecule has 7 aliphatic carbocycles. The van der Waals surface area contributed by atoms with Crippen molar-refractivity contribution >= 4 is 0 Å². The molecule has 5 aromatic carbocycles. The third-order valence-corrected chi connectivity index (χ3v) is 13.9. The van der Waals surface area contributed by atoms with E-state index in [1.54, 1.807) is 5.56 Å². The Morgan fingerprint density at radius 3 is 1.36 bits per heavy atom. The number of aromatic nitrogens is 3. The van der Waals surface area contributed by atoms with Crippen molar-refractivity contribution in [2.75, 3.05) is 0 Å². The second-order valence-electron chi connectivity index (χ2n) is 16.1. The second kappa shape index (κ2) is 11.1. The number of nitrogens with zero attached hydrogens (tertiary/aromatic N) is 3. The van der Waals surface area contributed by atoms with Crippen molar-refractivity contribution in [2.45, 2.75) is 43.9 Å². The van der Waals surface area contributed by atoms with Gasteiger partial charge < -0.3 is 0 Å².